The lowest BCUT2D eigenvalue weighted by Gasteiger charge is -2.21. The van der Waals surface area contributed by atoms with Gasteiger partial charge in [-0.25, -0.2) is 0 Å². The van der Waals surface area contributed by atoms with Crippen molar-refractivity contribution in [3.63, 3.8) is 0 Å². The Morgan fingerprint density at radius 1 is 1.25 bits per heavy atom. The smallest absolute Gasteiger partial charge is 0.0771 e. The molecule has 0 fully saturated rings. The SMILES string of the molecule is COC(C)(C)CC=CC(C)(C)O. The third-order valence-electron chi connectivity index (χ3n) is 1.69. The maximum absolute atomic E-state index is 9.36. The van der Waals surface area contributed by atoms with Gasteiger partial charge in [0.05, 0.1) is 11.2 Å². The Labute approximate surface area is 75.2 Å². The number of hydrogen-bond donors (Lipinski definition) is 1. The van der Waals surface area contributed by atoms with Crippen LogP contribution >= 0.6 is 0 Å². The Morgan fingerprint density at radius 2 is 1.75 bits per heavy atom. The largest absolute Gasteiger partial charge is 0.386 e. The van der Waals surface area contributed by atoms with E-state index in [0.29, 0.717) is 0 Å². The second kappa shape index (κ2) is 4.06. The minimum absolute atomic E-state index is 0.137. The molecule has 0 rings (SSSR count). The van der Waals surface area contributed by atoms with E-state index in [9.17, 15) is 5.11 Å². The quantitative estimate of drug-likeness (QED) is 0.658. The highest BCUT2D eigenvalue weighted by molar-refractivity contribution is 4.97. The first-order chi connectivity index (χ1) is 5.27. The molecule has 72 valence electrons. The first-order valence-electron chi connectivity index (χ1n) is 4.22. The summed E-state index contributed by atoms with van der Waals surface area (Å²) in [5.41, 5.74) is -0.856. The van der Waals surface area contributed by atoms with Gasteiger partial charge in [0.25, 0.3) is 0 Å². The fourth-order valence-electron chi connectivity index (χ4n) is 0.714. The molecular formula is C10H20O2. The highest BCUT2D eigenvalue weighted by Crippen LogP contribution is 2.14. The van der Waals surface area contributed by atoms with Crippen molar-refractivity contribution < 1.29 is 9.84 Å². The topological polar surface area (TPSA) is 29.5 Å². The third kappa shape index (κ3) is 6.38. The van der Waals surface area contributed by atoms with Crippen molar-refractivity contribution in [2.24, 2.45) is 0 Å². The molecular weight excluding hydrogens is 152 g/mol. The van der Waals surface area contributed by atoms with E-state index in [1.807, 2.05) is 19.9 Å². The molecule has 12 heavy (non-hydrogen) atoms. The van der Waals surface area contributed by atoms with Crippen LogP contribution in [0.25, 0.3) is 0 Å². The molecule has 0 aliphatic carbocycles. The van der Waals surface area contributed by atoms with Crippen LogP contribution in [0.3, 0.4) is 0 Å². The van der Waals surface area contributed by atoms with Crippen LogP contribution < -0.4 is 0 Å². The van der Waals surface area contributed by atoms with Crippen LogP contribution in [-0.2, 0) is 4.74 Å². The standard InChI is InChI=1S/C10H20O2/c1-9(2,11)7-6-8-10(3,4)12-5/h6-7,11H,8H2,1-5H3. The Hall–Kier alpha value is -0.340. The van der Waals surface area contributed by atoms with Gasteiger partial charge in [0.15, 0.2) is 0 Å². The van der Waals surface area contributed by atoms with Gasteiger partial charge in [0.2, 0.25) is 0 Å². The molecule has 0 aromatic rings. The zero-order chi connectivity index (χ0) is 9.83. The number of hydrogen-bond acceptors (Lipinski definition) is 2. The van der Waals surface area contributed by atoms with Gasteiger partial charge in [-0.05, 0) is 34.1 Å². The summed E-state index contributed by atoms with van der Waals surface area (Å²) in [7, 11) is 1.69. The monoisotopic (exact) mass is 172 g/mol. The molecule has 0 amide bonds. The Morgan fingerprint density at radius 3 is 2.08 bits per heavy atom. The Bertz CT molecular complexity index is 152. The van der Waals surface area contributed by atoms with Gasteiger partial charge < -0.3 is 9.84 Å². The first kappa shape index (κ1) is 11.7. The molecule has 0 unspecified atom stereocenters. The summed E-state index contributed by atoms with van der Waals surface area (Å²) >= 11 is 0. The van der Waals surface area contributed by atoms with Gasteiger partial charge in [-0.2, -0.15) is 0 Å². The molecule has 1 N–H and O–H groups in total. The van der Waals surface area contributed by atoms with Gasteiger partial charge >= 0.3 is 0 Å². The average molecular weight is 172 g/mol. The van der Waals surface area contributed by atoms with Crippen molar-refractivity contribution in [1.29, 1.82) is 0 Å². The summed E-state index contributed by atoms with van der Waals surface area (Å²) in [6.07, 6.45) is 4.55. The van der Waals surface area contributed by atoms with Crippen LogP contribution in [-0.4, -0.2) is 23.4 Å². The molecule has 0 saturated heterocycles. The lowest BCUT2D eigenvalue weighted by atomic mass is 10.0. The number of aliphatic hydroxyl groups is 1. The summed E-state index contributed by atoms with van der Waals surface area (Å²) in [6, 6.07) is 0. The van der Waals surface area contributed by atoms with Crippen LogP contribution in [0.5, 0.6) is 0 Å². The van der Waals surface area contributed by atoms with Crippen LogP contribution in [0.1, 0.15) is 34.1 Å². The van der Waals surface area contributed by atoms with E-state index in [2.05, 4.69) is 0 Å². The highest BCUT2D eigenvalue weighted by atomic mass is 16.5. The summed E-state index contributed by atoms with van der Waals surface area (Å²) in [4.78, 5) is 0. The predicted molar refractivity (Wildman–Crippen MR) is 51.1 cm³/mol. The third-order valence-corrected chi connectivity index (χ3v) is 1.69. The highest BCUT2D eigenvalue weighted by Gasteiger charge is 2.14. The van der Waals surface area contributed by atoms with Gasteiger partial charge in [-0.15, -0.1) is 0 Å². The fraction of sp³-hybridized carbons (Fsp3) is 0.800. The zero-order valence-corrected chi connectivity index (χ0v) is 8.72. The molecule has 2 nitrogen and oxygen atoms in total. The van der Waals surface area contributed by atoms with Gasteiger partial charge in [0.1, 0.15) is 0 Å². The first-order valence-corrected chi connectivity index (χ1v) is 4.22. The van der Waals surface area contributed by atoms with Crippen molar-refractivity contribution in [1.82, 2.24) is 0 Å². The second-order valence-electron chi connectivity index (χ2n) is 4.22. The summed E-state index contributed by atoms with van der Waals surface area (Å²) < 4.78 is 5.22. The molecule has 0 heterocycles. The molecule has 0 bridgehead atoms. The maximum atomic E-state index is 9.36. The van der Waals surface area contributed by atoms with Crippen molar-refractivity contribution in [3.8, 4) is 0 Å². The molecule has 0 aliphatic heterocycles. The molecule has 0 aromatic carbocycles. The number of rotatable bonds is 4. The van der Waals surface area contributed by atoms with E-state index in [4.69, 9.17) is 4.74 Å². The fourth-order valence-corrected chi connectivity index (χ4v) is 0.714. The van der Waals surface area contributed by atoms with Crippen LogP contribution in [0.15, 0.2) is 12.2 Å². The van der Waals surface area contributed by atoms with Gasteiger partial charge in [-0.3, -0.25) is 0 Å². The van der Waals surface area contributed by atoms with Gasteiger partial charge in [0, 0.05) is 7.11 Å². The second-order valence-corrected chi connectivity index (χ2v) is 4.22. The van der Waals surface area contributed by atoms with E-state index in [-0.39, 0.29) is 5.60 Å². The van der Waals surface area contributed by atoms with E-state index in [1.54, 1.807) is 27.0 Å². The molecule has 0 saturated carbocycles. The van der Waals surface area contributed by atoms with Crippen LogP contribution in [0, 0.1) is 0 Å². The summed E-state index contributed by atoms with van der Waals surface area (Å²) in [5.74, 6) is 0. The molecule has 0 radical (unpaired) electrons. The molecule has 0 aromatic heterocycles. The number of ether oxygens (including phenoxy) is 1. The van der Waals surface area contributed by atoms with E-state index in [1.165, 1.54) is 0 Å². The summed E-state index contributed by atoms with van der Waals surface area (Å²) in [5, 5.41) is 9.36. The lowest BCUT2D eigenvalue weighted by molar-refractivity contribution is 0.0250. The summed E-state index contributed by atoms with van der Waals surface area (Å²) in [6.45, 7) is 7.54. The normalized spacial score (nSPS) is 14.2. The molecule has 0 spiro atoms. The number of methoxy groups -OCH3 is 1. The van der Waals surface area contributed by atoms with Gasteiger partial charge in [-0.1, -0.05) is 12.2 Å². The van der Waals surface area contributed by atoms with E-state index in [0.717, 1.165) is 6.42 Å². The lowest BCUT2D eigenvalue weighted by Crippen LogP contribution is -2.21. The minimum atomic E-state index is -0.718. The van der Waals surface area contributed by atoms with E-state index < -0.39 is 5.60 Å². The van der Waals surface area contributed by atoms with E-state index >= 15 is 0 Å². The molecule has 0 atom stereocenters. The van der Waals surface area contributed by atoms with Crippen LogP contribution in [0.2, 0.25) is 0 Å². The minimum Gasteiger partial charge on any atom is -0.386 e. The van der Waals surface area contributed by atoms with Crippen molar-refractivity contribution in [2.45, 2.75) is 45.3 Å². The van der Waals surface area contributed by atoms with Crippen molar-refractivity contribution in [2.75, 3.05) is 7.11 Å². The zero-order valence-electron chi connectivity index (χ0n) is 8.72. The predicted octanol–water partition coefficient (Wildman–Crippen LogP) is 2.13. The molecule has 2 heteroatoms. The van der Waals surface area contributed by atoms with Crippen LogP contribution in [0.4, 0.5) is 0 Å². The maximum Gasteiger partial charge on any atom is 0.0771 e. The Balaban J connectivity index is 3.91. The molecule has 0 aliphatic rings. The van der Waals surface area contributed by atoms with Crippen molar-refractivity contribution in [3.05, 3.63) is 12.2 Å². The average Bonchev–Trinajstić information content (AvgIpc) is 1.84. The van der Waals surface area contributed by atoms with Crippen molar-refractivity contribution >= 4 is 0 Å². The Kier molecular flexibility index (Phi) is 3.94.